The van der Waals surface area contributed by atoms with Crippen molar-refractivity contribution < 1.29 is 0 Å². The standard InChI is InChI=1S/C12H22N4S/c1-2-10-6-4-3-5-7-16(10)9-11-8-14-12(15-13)17-11/h8,10H,2-7,9,13H2,1H3,(H,14,15). The molecule has 1 saturated heterocycles. The third kappa shape index (κ3) is 3.40. The molecule has 1 aliphatic rings. The van der Waals surface area contributed by atoms with Gasteiger partial charge in [-0.05, 0) is 25.8 Å². The number of anilines is 1. The maximum absolute atomic E-state index is 5.36. The number of nitrogens with two attached hydrogens (primary N) is 1. The molecule has 2 heterocycles. The van der Waals surface area contributed by atoms with Crippen molar-refractivity contribution in [3.63, 3.8) is 0 Å². The monoisotopic (exact) mass is 254 g/mol. The first-order chi connectivity index (χ1) is 8.33. The first-order valence-corrected chi connectivity index (χ1v) is 7.30. The maximum atomic E-state index is 5.36. The van der Waals surface area contributed by atoms with Crippen LogP contribution in [-0.4, -0.2) is 22.5 Å². The second-order valence-corrected chi connectivity index (χ2v) is 5.77. The summed E-state index contributed by atoms with van der Waals surface area (Å²) in [5.41, 5.74) is 2.61. The Morgan fingerprint density at radius 2 is 2.41 bits per heavy atom. The average Bonchev–Trinajstić information content (AvgIpc) is 2.68. The molecule has 4 nitrogen and oxygen atoms in total. The normalized spacial score (nSPS) is 22.4. The predicted octanol–water partition coefficient (Wildman–Crippen LogP) is 2.58. The van der Waals surface area contributed by atoms with Crippen molar-refractivity contribution in [3.05, 3.63) is 11.1 Å². The van der Waals surface area contributed by atoms with E-state index in [4.69, 9.17) is 5.84 Å². The van der Waals surface area contributed by atoms with Crippen LogP contribution in [0.25, 0.3) is 0 Å². The Labute approximate surface area is 107 Å². The quantitative estimate of drug-likeness (QED) is 0.640. The van der Waals surface area contributed by atoms with Gasteiger partial charge in [-0.1, -0.05) is 31.1 Å². The van der Waals surface area contributed by atoms with Crippen molar-refractivity contribution >= 4 is 16.5 Å². The first-order valence-electron chi connectivity index (χ1n) is 6.49. The lowest BCUT2D eigenvalue weighted by molar-refractivity contribution is 0.187. The van der Waals surface area contributed by atoms with Gasteiger partial charge in [-0.2, -0.15) is 0 Å². The smallest absolute Gasteiger partial charge is 0.197 e. The van der Waals surface area contributed by atoms with Gasteiger partial charge in [-0.25, -0.2) is 10.8 Å². The lowest BCUT2D eigenvalue weighted by atomic mass is 10.1. The highest BCUT2D eigenvalue weighted by Gasteiger charge is 2.20. The summed E-state index contributed by atoms with van der Waals surface area (Å²) in [6, 6.07) is 0.744. The third-order valence-corrected chi connectivity index (χ3v) is 4.42. The highest BCUT2D eigenvalue weighted by atomic mass is 32.1. The lowest BCUT2D eigenvalue weighted by Crippen LogP contribution is -2.33. The molecule has 17 heavy (non-hydrogen) atoms. The van der Waals surface area contributed by atoms with Crippen molar-refractivity contribution in [2.75, 3.05) is 12.0 Å². The molecular weight excluding hydrogens is 232 g/mol. The third-order valence-electron chi connectivity index (χ3n) is 3.51. The van der Waals surface area contributed by atoms with Crippen LogP contribution in [0.3, 0.4) is 0 Å². The largest absolute Gasteiger partial charge is 0.300 e. The van der Waals surface area contributed by atoms with Crippen LogP contribution in [0, 0.1) is 0 Å². The van der Waals surface area contributed by atoms with Gasteiger partial charge in [0, 0.05) is 23.7 Å². The summed E-state index contributed by atoms with van der Waals surface area (Å²) in [5.74, 6) is 5.36. The zero-order valence-electron chi connectivity index (χ0n) is 10.5. The zero-order valence-corrected chi connectivity index (χ0v) is 11.3. The summed E-state index contributed by atoms with van der Waals surface area (Å²) in [5, 5.41) is 0.808. The molecule has 1 fully saturated rings. The topological polar surface area (TPSA) is 54.2 Å². The van der Waals surface area contributed by atoms with Gasteiger partial charge in [0.1, 0.15) is 0 Å². The Hall–Kier alpha value is -0.650. The molecule has 0 aromatic carbocycles. The van der Waals surface area contributed by atoms with Gasteiger partial charge >= 0.3 is 0 Å². The Kier molecular flexibility index (Phi) is 4.76. The van der Waals surface area contributed by atoms with Crippen LogP contribution in [-0.2, 0) is 6.54 Å². The van der Waals surface area contributed by atoms with Gasteiger partial charge in [0.25, 0.3) is 0 Å². The average molecular weight is 254 g/mol. The Balaban J connectivity index is 1.99. The van der Waals surface area contributed by atoms with E-state index in [1.165, 1.54) is 43.5 Å². The number of hydrogen-bond acceptors (Lipinski definition) is 5. The molecule has 0 radical (unpaired) electrons. The summed E-state index contributed by atoms with van der Waals surface area (Å²) >= 11 is 1.66. The molecular formula is C12H22N4S. The first kappa shape index (κ1) is 12.8. The number of likely N-dealkylation sites (tertiary alicyclic amines) is 1. The molecule has 1 aliphatic heterocycles. The van der Waals surface area contributed by atoms with E-state index in [0.29, 0.717) is 0 Å². The number of rotatable bonds is 4. The molecule has 96 valence electrons. The number of hydrazine groups is 1. The molecule has 0 amide bonds. The number of hydrogen-bond donors (Lipinski definition) is 2. The molecule has 1 atom stereocenters. The number of nitrogens with zero attached hydrogens (tertiary/aromatic N) is 2. The van der Waals surface area contributed by atoms with Crippen LogP contribution >= 0.6 is 11.3 Å². The molecule has 2 rings (SSSR count). The van der Waals surface area contributed by atoms with Crippen LogP contribution in [0.2, 0.25) is 0 Å². The van der Waals surface area contributed by atoms with E-state index < -0.39 is 0 Å². The highest BCUT2D eigenvalue weighted by molar-refractivity contribution is 7.15. The number of nitrogen functional groups attached to an aromatic ring is 1. The fourth-order valence-electron chi connectivity index (χ4n) is 2.55. The minimum Gasteiger partial charge on any atom is -0.300 e. The fraction of sp³-hybridized carbons (Fsp3) is 0.750. The van der Waals surface area contributed by atoms with E-state index >= 15 is 0 Å². The second kappa shape index (κ2) is 6.33. The van der Waals surface area contributed by atoms with Crippen molar-refractivity contribution in [3.8, 4) is 0 Å². The Bertz CT molecular complexity index is 339. The summed E-state index contributed by atoms with van der Waals surface area (Å²) < 4.78 is 0. The molecule has 0 bridgehead atoms. The molecule has 1 unspecified atom stereocenters. The molecule has 0 aliphatic carbocycles. The van der Waals surface area contributed by atoms with Crippen molar-refractivity contribution in [1.82, 2.24) is 9.88 Å². The van der Waals surface area contributed by atoms with Crippen LogP contribution in [0.1, 0.15) is 43.9 Å². The highest BCUT2D eigenvalue weighted by Crippen LogP contribution is 2.24. The van der Waals surface area contributed by atoms with E-state index in [1.807, 2.05) is 6.20 Å². The number of thiazole rings is 1. The van der Waals surface area contributed by atoms with E-state index in [2.05, 4.69) is 22.2 Å². The Morgan fingerprint density at radius 1 is 1.53 bits per heavy atom. The number of aromatic nitrogens is 1. The van der Waals surface area contributed by atoms with E-state index in [1.54, 1.807) is 11.3 Å². The summed E-state index contributed by atoms with van der Waals surface area (Å²) in [6.07, 6.45) is 8.63. The molecule has 1 aromatic heterocycles. The van der Waals surface area contributed by atoms with E-state index in [-0.39, 0.29) is 0 Å². The molecule has 0 spiro atoms. The van der Waals surface area contributed by atoms with E-state index in [0.717, 1.165) is 17.7 Å². The van der Waals surface area contributed by atoms with E-state index in [9.17, 15) is 0 Å². The van der Waals surface area contributed by atoms with Crippen molar-refractivity contribution in [2.24, 2.45) is 5.84 Å². The van der Waals surface area contributed by atoms with Gasteiger partial charge in [0.05, 0.1) is 0 Å². The van der Waals surface area contributed by atoms with Crippen molar-refractivity contribution in [1.29, 1.82) is 0 Å². The molecule has 3 N–H and O–H groups in total. The van der Waals surface area contributed by atoms with Crippen molar-refractivity contribution in [2.45, 2.75) is 51.6 Å². The van der Waals surface area contributed by atoms with Crippen LogP contribution < -0.4 is 11.3 Å². The minimum atomic E-state index is 0.744. The number of nitrogens with one attached hydrogen (secondary N) is 1. The minimum absolute atomic E-state index is 0.744. The summed E-state index contributed by atoms with van der Waals surface area (Å²) in [4.78, 5) is 8.15. The predicted molar refractivity (Wildman–Crippen MR) is 72.9 cm³/mol. The molecule has 1 aromatic rings. The van der Waals surface area contributed by atoms with Gasteiger partial charge in [-0.3, -0.25) is 10.3 Å². The summed E-state index contributed by atoms with van der Waals surface area (Å²) in [7, 11) is 0. The second-order valence-electron chi connectivity index (χ2n) is 4.66. The Morgan fingerprint density at radius 3 is 3.12 bits per heavy atom. The van der Waals surface area contributed by atoms with Crippen LogP contribution in [0.5, 0.6) is 0 Å². The maximum Gasteiger partial charge on any atom is 0.197 e. The SMILES string of the molecule is CCC1CCCCCN1Cc1cnc(NN)s1. The van der Waals surface area contributed by atoms with Crippen LogP contribution in [0.15, 0.2) is 6.20 Å². The van der Waals surface area contributed by atoms with Gasteiger partial charge in [-0.15, -0.1) is 0 Å². The molecule has 0 saturated carbocycles. The van der Waals surface area contributed by atoms with Gasteiger partial charge < -0.3 is 0 Å². The zero-order chi connectivity index (χ0) is 12.1. The lowest BCUT2D eigenvalue weighted by Gasteiger charge is -2.28. The van der Waals surface area contributed by atoms with Gasteiger partial charge in [0.2, 0.25) is 0 Å². The molecule has 5 heteroatoms. The summed E-state index contributed by atoms with van der Waals surface area (Å²) in [6.45, 7) is 4.54. The van der Waals surface area contributed by atoms with Crippen LogP contribution in [0.4, 0.5) is 5.13 Å². The van der Waals surface area contributed by atoms with Gasteiger partial charge in [0.15, 0.2) is 5.13 Å². The fourth-order valence-corrected chi connectivity index (χ4v) is 3.30.